The second-order valence-corrected chi connectivity index (χ2v) is 6.13. The molecule has 116 valence electrons. The van der Waals surface area contributed by atoms with Crippen LogP contribution in [0.25, 0.3) is 0 Å². The molecule has 0 saturated heterocycles. The summed E-state index contributed by atoms with van der Waals surface area (Å²) in [5.41, 5.74) is 7.38. The van der Waals surface area contributed by atoms with Crippen LogP contribution in [0.4, 0.5) is 0 Å². The molecule has 2 heterocycles. The van der Waals surface area contributed by atoms with Crippen LogP contribution in [-0.2, 0) is 13.0 Å². The van der Waals surface area contributed by atoms with Crippen molar-refractivity contribution < 1.29 is 4.42 Å². The van der Waals surface area contributed by atoms with E-state index in [2.05, 4.69) is 40.3 Å². The average molecular weight is 355 g/mol. The SMILES string of the molecule is CCn1nc(C)c(Br)c1CC(NN)c1c(C)oc(C)c1C. The molecule has 0 aromatic carbocycles. The summed E-state index contributed by atoms with van der Waals surface area (Å²) in [7, 11) is 0. The molecule has 2 rings (SSSR count). The van der Waals surface area contributed by atoms with Crippen molar-refractivity contribution in [1.29, 1.82) is 0 Å². The van der Waals surface area contributed by atoms with Crippen molar-refractivity contribution in [3.05, 3.63) is 38.5 Å². The summed E-state index contributed by atoms with van der Waals surface area (Å²) in [4.78, 5) is 0. The maximum absolute atomic E-state index is 5.81. The lowest BCUT2D eigenvalue weighted by Crippen LogP contribution is -2.31. The van der Waals surface area contributed by atoms with E-state index in [-0.39, 0.29) is 6.04 Å². The van der Waals surface area contributed by atoms with Gasteiger partial charge in [-0.05, 0) is 56.1 Å². The summed E-state index contributed by atoms with van der Waals surface area (Å²) in [6.45, 7) is 11.0. The van der Waals surface area contributed by atoms with Gasteiger partial charge in [-0.2, -0.15) is 5.10 Å². The van der Waals surface area contributed by atoms with Crippen LogP contribution in [0.5, 0.6) is 0 Å². The molecular formula is C15H23BrN4O. The molecule has 0 fully saturated rings. The lowest BCUT2D eigenvalue weighted by molar-refractivity contribution is 0.477. The Morgan fingerprint density at radius 3 is 2.43 bits per heavy atom. The van der Waals surface area contributed by atoms with E-state index in [9.17, 15) is 0 Å². The second-order valence-electron chi connectivity index (χ2n) is 5.34. The molecule has 0 bridgehead atoms. The van der Waals surface area contributed by atoms with Gasteiger partial charge in [0, 0.05) is 18.5 Å². The second kappa shape index (κ2) is 6.34. The molecule has 3 N–H and O–H groups in total. The molecule has 0 aliphatic carbocycles. The highest BCUT2D eigenvalue weighted by Gasteiger charge is 2.23. The normalized spacial score (nSPS) is 12.9. The number of furan rings is 1. The molecule has 0 aliphatic heterocycles. The quantitative estimate of drug-likeness (QED) is 0.638. The predicted octanol–water partition coefficient (Wildman–Crippen LogP) is 3.24. The Labute approximate surface area is 134 Å². The minimum Gasteiger partial charge on any atom is -0.466 e. The third-order valence-corrected chi connectivity index (χ3v) is 5.05. The Balaban J connectivity index is 2.40. The van der Waals surface area contributed by atoms with Crippen LogP contribution in [0, 0.1) is 27.7 Å². The summed E-state index contributed by atoms with van der Waals surface area (Å²) >= 11 is 3.64. The third kappa shape index (κ3) is 2.93. The number of halogens is 1. The van der Waals surface area contributed by atoms with Gasteiger partial charge < -0.3 is 4.42 Å². The van der Waals surface area contributed by atoms with Crippen molar-refractivity contribution in [2.45, 2.75) is 53.6 Å². The molecule has 0 spiro atoms. The number of nitrogens with zero attached hydrogens (tertiary/aromatic N) is 2. The van der Waals surface area contributed by atoms with Crippen LogP contribution in [0.2, 0.25) is 0 Å². The van der Waals surface area contributed by atoms with Crippen LogP contribution in [0.3, 0.4) is 0 Å². The minimum absolute atomic E-state index is 0.000139. The number of nitrogens with two attached hydrogens (primary N) is 1. The summed E-state index contributed by atoms with van der Waals surface area (Å²) in [5, 5.41) is 4.54. The van der Waals surface area contributed by atoms with Gasteiger partial charge in [0.2, 0.25) is 0 Å². The first-order chi connectivity index (χ1) is 9.90. The lowest BCUT2D eigenvalue weighted by atomic mass is 9.98. The fourth-order valence-corrected chi connectivity index (χ4v) is 3.27. The zero-order valence-corrected chi connectivity index (χ0v) is 14.8. The monoisotopic (exact) mass is 354 g/mol. The van der Waals surface area contributed by atoms with Crippen molar-refractivity contribution in [1.82, 2.24) is 15.2 Å². The first-order valence-corrected chi connectivity index (χ1v) is 7.94. The van der Waals surface area contributed by atoms with E-state index in [0.717, 1.165) is 51.5 Å². The molecule has 21 heavy (non-hydrogen) atoms. The van der Waals surface area contributed by atoms with Crippen LogP contribution in [-0.4, -0.2) is 9.78 Å². The van der Waals surface area contributed by atoms with Gasteiger partial charge in [0.1, 0.15) is 11.5 Å². The first-order valence-electron chi connectivity index (χ1n) is 7.15. The molecule has 0 amide bonds. The molecule has 1 unspecified atom stereocenters. The van der Waals surface area contributed by atoms with E-state index >= 15 is 0 Å². The van der Waals surface area contributed by atoms with E-state index in [0.29, 0.717) is 0 Å². The van der Waals surface area contributed by atoms with Gasteiger partial charge in [0.05, 0.1) is 21.9 Å². The Hall–Kier alpha value is -1.11. The highest BCUT2D eigenvalue weighted by molar-refractivity contribution is 9.10. The molecule has 0 radical (unpaired) electrons. The summed E-state index contributed by atoms with van der Waals surface area (Å²) in [6, 6.07) is 0.000139. The van der Waals surface area contributed by atoms with E-state index < -0.39 is 0 Å². The fraction of sp³-hybridized carbons (Fsp3) is 0.533. The number of hydrazine groups is 1. The Morgan fingerprint density at radius 2 is 1.95 bits per heavy atom. The molecule has 1 atom stereocenters. The van der Waals surface area contributed by atoms with Crippen molar-refractivity contribution in [2.75, 3.05) is 0 Å². The number of nitrogens with one attached hydrogen (secondary N) is 1. The van der Waals surface area contributed by atoms with Crippen molar-refractivity contribution >= 4 is 15.9 Å². The van der Waals surface area contributed by atoms with E-state index in [1.165, 1.54) is 0 Å². The van der Waals surface area contributed by atoms with Crippen molar-refractivity contribution in [3.8, 4) is 0 Å². The van der Waals surface area contributed by atoms with Gasteiger partial charge in [0.15, 0.2) is 0 Å². The highest BCUT2D eigenvalue weighted by Crippen LogP contribution is 2.31. The zero-order chi connectivity index (χ0) is 15.7. The lowest BCUT2D eigenvalue weighted by Gasteiger charge is -2.17. The first kappa shape index (κ1) is 16.3. The summed E-state index contributed by atoms with van der Waals surface area (Å²) < 4.78 is 8.80. The van der Waals surface area contributed by atoms with Gasteiger partial charge in [0.25, 0.3) is 0 Å². The fourth-order valence-electron chi connectivity index (χ4n) is 2.82. The maximum Gasteiger partial charge on any atom is 0.106 e. The van der Waals surface area contributed by atoms with Crippen LogP contribution < -0.4 is 11.3 Å². The molecule has 2 aromatic heterocycles. The topological polar surface area (TPSA) is 69.0 Å². The standard InChI is InChI=1S/C15H23BrN4O/c1-6-20-13(15(16)9(3)19-20)7-12(18-17)14-8(2)10(4)21-11(14)5/h12,18H,6-7,17H2,1-5H3. The van der Waals surface area contributed by atoms with Crippen molar-refractivity contribution in [3.63, 3.8) is 0 Å². The Morgan fingerprint density at radius 1 is 1.29 bits per heavy atom. The number of hydrogen-bond acceptors (Lipinski definition) is 4. The molecular weight excluding hydrogens is 332 g/mol. The number of aryl methyl sites for hydroxylation is 4. The minimum atomic E-state index is 0.000139. The largest absolute Gasteiger partial charge is 0.466 e. The Bertz CT molecular complexity index is 645. The van der Waals surface area contributed by atoms with Crippen LogP contribution in [0.1, 0.15) is 47.0 Å². The molecule has 2 aromatic rings. The third-order valence-electron chi connectivity index (χ3n) is 4.02. The summed E-state index contributed by atoms with van der Waals surface area (Å²) in [5.74, 6) is 7.68. The van der Waals surface area contributed by atoms with E-state index in [1.807, 2.05) is 25.5 Å². The molecule has 5 nitrogen and oxygen atoms in total. The van der Waals surface area contributed by atoms with E-state index in [4.69, 9.17) is 10.3 Å². The van der Waals surface area contributed by atoms with Crippen LogP contribution >= 0.6 is 15.9 Å². The van der Waals surface area contributed by atoms with E-state index in [1.54, 1.807) is 0 Å². The zero-order valence-electron chi connectivity index (χ0n) is 13.2. The summed E-state index contributed by atoms with van der Waals surface area (Å²) in [6.07, 6.45) is 0.756. The number of hydrogen-bond donors (Lipinski definition) is 2. The van der Waals surface area contributed by atoms with Gasteiger partial charge in [-0.15, -0.1) is 0 Å². The molecule has 0 saturated carbocycles. The number of rotatable bonds is 5. The smallest absolute Gasteiger partial charge is 0.106 e. The highest BCUT2D eigenvalue weighted by atomic mass is 79.9. The average Bonchev–Trinajstić information content (AvgIpc) is 2.86. The van der Waals surface area contributed by atoms with Gasteiger partial charge in [-0.25, -0.2) is 0 Å². The van der Waals surface area contributed by atoms with Crippen molar-refractivity contribution in [2.24, 2.45) is 5.84 Å². The molecule has 6 heteroatoms. The molecule has 0 aliphatic rings. The predicted molar refractivity (Wildman–Crippen MR) is 87.0 cm³/mol. The van der Waals surface area contributed by atoms with Crippen LogP contribution in [0.15, 0.2) is 8.89 Å². The van der Waals surface area contributed by atoms with Gasteiger partial charge >= 0.3 is 0 Å². The van der Waals surface area contributed by atoms with Gasteiger partial charge in [-0.1, -0.05) is 0 Å². The number of aromatic nitrogens is 2. The Kier molecular flexibility index (Phi) is 4.91. The maximum atomic E-state index is 5.81. The van der Waals surface area contributed by atoms with Gasteiger partial charge in [-0.3, -0.25) is 16.0 Å².